The zero-order valence-electron chi connectivity index (χ0n) is 9.72. The number of aromatic carboxylic acids is 1. The molecule has 0 atom stereocenters. The standard InChI is InChI=1S/C13H11ClN2O2/c1-8-6-10(16-13(14)15-8)7-9-4-2-3-5-11(9)12(17)18/h2-6H,7H2,1H3,(H,17,18). The molecule has 1 aromatic carbocycles. The molecule has 18 heavy (non-hydrogen) atoms. The number of halogens is 1. The Balaban J connectivity index is 2.37. The SMILES string of the molecule is Cc1cc(Cc2ccccc2C(=O)O)nc(Cl)n1. The highest BCUT2D eigenvalue weighted by molar-refractivity contribution is 6.28. The molecule has 92 valence electrons. The molecule has 1 aromatic heterocycles. The second-order valence-electron chi connectivity index (χ2n) is 3.91. The Bertz CT molecular complexity index is 579. The molecule has 0 bridgehead atoms. The lowest BCUT2D eigenvalue weighted by Gasteiger charge is -2.06. The van der Waals surface area contributed by atoms with Crippen LogP contribution in [0.2, 0.25) is 5.28 Å². The number of rotatable bonds is 3. The average Bonchev–Trinajstić information content (AvgIpc) is 2.27. The first-order valence-electron chi connectivity index (χ1n) is 5.37. The van der Waals surface area contributed by atoms with E-state index in [0.717, 1.165) is 5.69 Å². The minimum atomic E-state index is -0.942. The van der Waals surface area contributed by atoms with Gasteiger partial charge in [-0.3, -0.25) is 0 Å². The van der Waals surface area contributed by atoms with E-state index >= 15 is 0 Å². The van der Waals surface area contributed by atoms with Crippen molar-refractivity contribution < 1.29 is 9.90 Å². The molecule has 0 spiro atoms. The van der Waals surface area contributed by atoms with E-state index < -0.39 is 5.97 Å². The molecular formula is C13H11ClN2O2. The monoisotopic (exact) mass is 262 g/mol. The van der Waals surface area contributed by atoms with Crippen LogP contribution in [0.3, 0.4) is 0 Å². The minimum absolute atomic E-state index is 0.179. The molecule has 0 radical (unpaired) electrons. The van der Waals surface area contributed by atoms with Gasteiger partial charge in [-0.15, -0.1) is 0 Å². The highest BCUT2D eigenvalue weighted by Gasteiger charge is 2.10. The zero-order chi connectivity index (χ0) is 13.1. The molecule has 0 aliphatic rings. The van der Waals surface area contributed by atoms with Gasteiger partial charge in [0.2, 0.25) is 5.28 Å². The summed E-state index contributed by atoms with van der Waals surface area (Å²) in [5.41, 5.74) is 2.46. The van der Waals surface area contributed by atoms with Gasteiger partial charge >= 0.3 is 5.97 Å². The van der Waals surface area contributed by atoms with Crippen molar-refractivity contribution in [2.24, 2.45) is 0 Å². The highest BCUT2D eigenvalue weighted by Crippen LogP contribution is 2.15. The second-order valence-corrected chi connectivity index (χ2v) is 4.25. The normalized spacial score (nSPS) is 10.3. The predicted octanol–water partition coefficient (Wildman–Crippen LogP) is 2.73. The van der Waals surface area contributed by atoms with Gasteiger partial charge in [-0.1, -0.05) is 18.2 Å². The number of carboxylic acid groups (broad SMARTS) is 1. The third-order valence-corrected chi connectivity index (χ3v) is 2.67. The van der Waals surface area contributed by atoms with Crippen molar-refractivity contribution in [3.8, 4) is 0 Å². The maximum absolute atomic E-state index is 11.1. The van der Waals surface area contributed by atoms with Gasteiger partial charge in [-0.05, 0) is 36.2 Å². The van der Waals surface area contributed by atoms with E-state index in [-0.39, 0.29) is 10.8 Å². The molecular weight excluding hydrogens is 252 g/mol. The van der Waals surface area contributed by atoms with Crippen LogP contribution in [0, 0.1) is 6.92 Å². The Labute approximate surface area is 109 Å². The number of nitrogens with zero attached hydrogens (tertiary/aromatic N) is 2. The van der Waals surface area contributed by atoms with Crippen LogP contribution in [-0.4, -0.2) is 21.0 Å². The summed E-state index contributed by atoms with van der Waals surface area (Å²) < 4.78 is 0. The Kier molecular flexibility index (Phi) is 3.58. The Morgan fingerprint density at radius 2 is 2.06 bits per heavy atom. The lowest BCUT2D eigenvalue weighted by molar-refractivity contribution is 0.0696. The van der Waals surface area contributed by atoms with E-state index in [1.807, 2.05) is 6.92 Å². The summed E-state index contributed by atoms with van der Waals surface area (Å²) in [4.78, 5) is 19.1. The van der Waals surface area contributed by atoms with Crippen molar-refractivity contribution in [3.05, 3.63) is 58.1 Å². The summed E-state index contributed by atoms with van der Waals surface area (Å²) >= 11 is 5.78. The molecule has 2 aromatic rings. The van der Waals surface area contributed by atoms with Crippen LogP contribution in [0.1, 0.15) is 27.3 Å². The van der Waals surface area contributed by atoms with Crippen LogP contribution < -0.4 is 0 Å². The van der Waals surface area contributed by atoms with Gasteiger partial charge in [0.1, 0.15) is 0 Å². The van der Waals surface area contributed by atoms with Crippen LogP contribution in [0.4, 0.5) is 0 Å². The Hall–Kier alpha value is -1.94. The third-order valence-electron chi connectivity index (χ3n) is 2.50. The summed E-state index contributed by atoms with van der Waals surface area (Å²) in [5.74, 6) is -0.942. The molecule has 0 amide bonds. The van der Waals surface area contributed by atoms with Crippen LogP contribution >= 0.6 is 11.6 Å². The number of aromatic nitrogens is 2. The van der Waals surface area contributed by atoms with Crippen molar-refractivity contribution in [3.63, 3.8) is 0 Å². The number of carboxylic acids is 1. The molecule has 0 aliphatic carbocycles. The quantitative estimate of drug-likeness (QED) is 0.864. The predicted molar refractivity (Wildman–Crippen MR) is 68.0 cm³/mol. The van der Waals surface area contributed by atoms with Gasteiger partial charge in [-0.25, -0.2) is 14.8 Å². The first-order chi connectivity index (χ1) is 8.56. The number of hydrogen-bond donors (Lipinski definition) is 1. The van der Waals surface area contributed by atoms with E-state index in [2.05, 4.69) is 9.97 Å². The van der Waals surface area contributed by atoms with Crippen LogP contribution in [0.5, 0.6) is 0 Å². The molecule has 1 N–H and O–H groups in total. The first-order valence-corrected chi connectivity index (χ1v) is 5.75. The molecule has 4 nitrogen and oxygen atoms in total. The van der Waals surface area contributed by atoms with Gasteiger partial charge < -0.3 is 5.11 Å². The highest BCUT2D eigenvalue weighted by atomic mass is 35.5. The Morgan fingerprint density at radius 1 is 1.33 bits per heavy atom. The summed E-state index contributed by atoms with van der Waals surface area (Å²) in [6.07, 6.45) is 0.422. The fraction of sp³-hybridized carbons (Fsp3) is 0.154. The van der Waals surface area contributed by atoms with Crippen LogP contribution in [0.15, 0.2) is 30.3 Å². The van der Waals surface area contributed by atoms with Gasteiger partial charge in [-0.2, -0.15) is 0 Å². The number of benzene rings is 1. The molecule has 0 saturated carbocycles. The van der Waals surface area contributed by atoms with E-state index in [4.69, 9.17) is 16.7 Å². The second kappa shape index (κ2) is 5.14. The zero-order valence-corrected chi connectivity index (χ0v) is 10.5. The summed E-state index contributed by atoms with van der Waals surface area (Å²) in [5, 5.41) is 9.27. The van der Waals surface area contributed by atoms with Gasteiger partial charge in [0.25, 0.3) is 0 Å². The maximum atomic E-state index is 11.1. The summed E-state index contributed by atoms with van der Waals surface area (Å²) in [6.45, 7) is 1.82. The smallest absolute Gasteiger partial charge is 0.335 e. The molecule has 0 aliphatic heterocycles. The van der Waals surface area contributed by atoms with Gasteiger partial charge in [0, 0.05) is 12.1 Å². The topological polar surface area (TPSA) is 63.1 Å². The first kappa shape index (κ1) is 12.5. The van der Waals surface area contributed by atoms with Crippen LogP contribution in [0.25, 0.3) is 0 Å². The lowest BCUT2D eigenvalue weighted by atomic mass is 10.0. The van der Waals surface area contributed by atoms with E-state index in [9.17, 15) is 4.79 Å². The minimum Gasteiger partial charge on any atom is -0.478 e. The molecule has 2 rings (SSSR count). The number of carbonyl (C=O) groups is 1. The van der Waals surface area contributed by atoms with E-state index in [1.54, 1.807) is 30.3 Å². The van der Waals surface area contributed by atoms with Gasteiger partial charge in [0.05, 0.1) is 11.3 Å². The van der Waals surface area contributed by atoms with Gasteiger partial charge in [0.15, 0.2) is 0 Å². The lowest BCUT2D eigenvalue weighted by Crippen LogP contribution is -2.04. The van der Waals surface area contributed by atoms with Crippen molar-refractivity contribution in [1.82, 2.24) is 9.97 Å². The molecule has 0 fully saturated rings. The number of aryl methyl sites for hydroxylation is 1. The van der Waals surface area contributed by atoms with E-state index in [1.165, 1.54) is 0 Å². The third kappa shape index (κ3) is 2.84. The molecule has 1 heterocycles. The fourth-order valence-corrected chi connectivity index (χ4v) is 2.01. The maximum Gasteiger partial charge on any atom is 0.335 e. The average molecular weight is 263 g/mol. The molecule has 5 heteroatoms. The molecule has 0 unspecified atom stereocenters. The van der Waals surface area contributed by atoms with Crippen molar-refractivity contribution >= 4 is 17.6 Å². The molecule has 0 saturated heterocycles. The van der Waals surface area contributed by atoms with Crippen molar-refractivity contribution in [2.45, 2.75) is 13.3 Å². The van der Waals surface area contributed by atoms with Crippen LogP contribution in [-0.2, 0) is 6.42 Å². The van der Waals surface area contributed by atoms with E-state index in [0.29, 0.717) is 17.7 Å². The van der Waals surface area contributed by atoms with Crippen molar-refractivity contribution in [2.75, 3.05) is 0 Å². The van der Waals surface area contributed by atoms with Crippen molar-refractivity contribution in [1.29, 1.82) is 0 Å². The fourth-order valence-electron chi connectivity index (χ4n) is 1.76. The largest absolute Gasteiger partial charge is 0.478 e. The summed E-state index contributed by atoms with van der Waals surface area (Å²) in [6, 6.07) is 8.65. The Morgan fingerprint density at radius 3 is 2.72 bits per heavy atom. The number of hydrogen-bond acceptors (Lipinski definition) is 3. The summed E-state index contributed by atoms with van der Waals surface area (Å²) in [7, 11) is 0.